The Kier molecular flexibility index (Phi) is 8.44. The van der Waals surface area contributed by atoms with E-state index in [0.717, 1.165) is 5.69 Å². The largest absolute Gasteiger partial charge is 0.573 e. The molecule has 0 saturated carbocycles. The molecule has 0 spiro atoms. The maximum atomic E-state index is 12.6. The van der Waals surface area contributed by atoms with Crippen LogP contribution in [0.1, 0.15) is 28.4 Å². The lowest BCUT2D eigenvalue weighted by Crippen LogP contribution is -2.43. The number of rotatable bonds is 9. The van der Waals surface area contributed by atoms with Crippen molar-refractivity contribution in [3.63, 3.8) is 0 Å². The van der Waals surface area contributed by atoms with E-state index in [0.29, 0.717) is 43.2 Å². The third-order valence-electron chi connectivity index (χ3n) is 7.42. The number of benzene rings is 3. The van der Waals surface area contributed by atoms with Crippen molar-refractivity contribution < 1.29 is 32.9 Å². The molecular weight excluding hydrogens is 559 g/mol. The number of aliphatic hydroxyl groups is 1. The van der Waals surface area contributed by atoms with Crippen LogP contribution in [0.15, 0.2) is 83.9 Å². The van der Waals surface area contributed by atoms with E-state index < -0.39 is 18.4 Å². The molecule has 3 aromatic carbocycles. The maximum Gasteiger partial charge on any atom is 0.573 e. The van der Waals surface area contributed by atoms with Crippen molar-refractivity contribution >= 4 is 23.2 Å². The lowest BCUT2D eigenvalue weighted by molar-refractivity contribution is -0.274. The summed E-state index contributed by atoms with van der Waals surface area (Å²) in [6.07, 6.45) is -5.22. The van der Waals surface area contributed by atoms with Crippen molar-refractivity contribution in [1.29, 1.82) is 0 Å². The molecule has 0 aliphatic carbocycles. The van der Waals surface area contributed by atoms with Crippen LogP contribution in [0.4, 0.5) is 18.9 Å². The average molecular weight is 588 g/mol. The number of alkyl halides is 3. The van der Waals surface area contributed by atoms with E-state index in [1.807, 2.05) is 6.07 Å². The summed E-state index contributed by atoms with van der Waals surface area (Å²) < 4.78 is 41.5. The first-order valence-electron chi connectivity index (χ1n) is 13.1. The molecule has 216 valence electrons. The number of amides is 1. The van der Waals surface area contributed by atoms with Crippen molar-refractivity contribution in [2.45, 2.75) is 24.9 Å². The fourth-order valence-electron chi connectivity index (χ4n) is 5.44. The molecule has 0 radical (unpaired) electrons. The molecule has 2 aliphatic rings. The van der Waals surface area contributed by atoms with Crippen molar-refractivity contribution in [3.8, 4) is 11.5 Å². The van der Waals surface area contributed by atoms with Crippen LogP contribution in [0.5, 0.6) is 11.5 Å². The van der Waals surface area contributed by atoms with Gasteiger partial charge in [0.2, 0.25) is 0 Å². The number of para-hydroxylation sites is 1. The molecule has 2 heterocycles. The van der Waals surface area contributed by atoms with E-state index in [1.165, 1.54) is 29.3 Å². The van der Waals surface area contributed by atoms with Gasteiger partial charge in [0.1, 0.15) is 11.5 Å². The number of nitrogens with zero attached hydrogens (tertiary/aromatic N) is 2. The summed E-state index contributed by atoms with van der Waals surface area (Å²) >= 11 is 6.42. The Balaban J connectivity index is 1.24. The maximum absolute atomic E-state index is 12.6. The van der Waals surface area contributed by atoms with E-state index >= 15 is 0 Å². The van der Waals surface area contributed by atoms with E-state index in [2.05, 4.69) is 19.9 Å². The van der Waals surface area contributed by atoms with Crippen LogP contribution in [0.3, 0.4) is 0 Å². The molecule has 3 N–H and O–H groups in total. The number of hydrogen-bond acceptors (Lipinski definition) is 6. The van der Waals surface area contributed by atoms with Gasteiger partial charge in [-0.1, -0.05) is 41.9 Å². The Morgan fingerprint density at radius 2 is 1.59 bits per heavy atom. The number of hydrogen-bond donors (Lipinski definition) is 3. The van der Waals surface area contributed by atoms with Crippen LogP contribution in [0.25, 0.3) is 0 Å². The zero-order valence-electron chi connectivity index (χ0n) is 21.9. The molecule has 3 aromatic rings. The van der Waals surface area contributed by atoms with Crippen molar-refractivity contribution in [3.05, 3.63) is 100 Å². The monoisotopic (exact) mass is 587 g/mol. The molecule has 2 unspecified atom stereocenters. The first-order chi connectivity index (χ1) is 19.6. The SMILES string of the molecule is O=C(NCCC(C(O)c1ccccc1Cl)N1CC2=C(CN(c3ccc(OC(F)(F)F)cc3)C2)C1)c1ccccc1O. The minimum Gasteiger partial charge on any atom is -0.507 e. The van der Waals surface area contributed by atoms with Crippen LogP contribution in [-0.2, 0) is 0 Å². The molecule has 7 nitrogen and oxygen atoms in total. The molecule has 0 saturated heterocycles. The summed E-state index contributed by atoms with van der Waals surface area (Å²) in [5.74, 6) is -0.776. The van der Waals surface area contributed by atoms with Gasteiger partial charge in [-0.05, 0) is 60.0 Å². The molecule has 41 heavy (non-hydrogen) atoms. The second kappa shape index (κ2) is 12.0. The smallest absolute Gasteiger partial charge is 0.507 e. The molecule has 11 heteroatoms. The quantitative estimate of drug-likeness (QED) is 0.295. The molecule has 0 aromatic heterocycles. The summed E-state index contributed by atoms with van der Waals surface area (Å²) in [6, 6.07) is 18.9. The first kappa shape index (κ1) is 28.8. The van der Waals surface area contributed by atoms with Gasteiger partial charge in [0.15, 0.2) is 0 Å². The van der Waals surface area contributed by atoms with Gasteiger partial charge in [-0.3, -0.25) is 9.69 Å². The Morgan fingerprint density at radius 1 is 0.951 bits per heavy atom. The topological polar surface area (TPSA) is 85.3 Å². The number of anilines is 1. The number of carbonyl (C=O) groups is 1. The Bertz CT molecular complexity index is 1410. The minimum absolute atomic E-state index is 0.107. The van der Waals surface area contributed by atoms with Crippen LogP contribution in [0.2, 0.25) is 5.02 Å². The predicted octanol–water partition coefficient (Wildman–Crippen LogP) is 5.30. The first-order valence-corrected chi connectivity index (χ1v) is 13.5. The van der Waals surface area contributed by atoms with Crippen LogP contribution >= 0.6 is 11.6 Å². The number of aromatic hydroxyl groups is 1. The summed E-state index contributed by atoms with van der Waals surface area (Å²) in [7, 11) is 0. The minimum atomic E-state index is -4.74. The highest BCUT2D eigenvalue weighted by atomic mass is 35.5. The Labute approximate surface area is 240 Å². The fourth-order valence-corrected chi connectivity index (χ4v) is 5.69. The molecular formula is C30H29ClF3N3O4. The highest BCUT2D eigenvalue weighted by Crippen LogP contribution is 2.36. The fraction of sp³-hybridized carbons (Fsp3) is 0.300. The molecule has 2 atom stereocenters. The van der Waals surface area contributed by atoms with Crippen LogP contribution < -0.4 is 15.0 Å². The van der Waals surface area contributed by atoms with Crippen molar-refractivity contribution in [2.24, 2.45) is 0 Å². The molecule has 1 amide bonds. The van der Waals surface area contributed by atoms with Crippen molar-refractivity contribution in [1.82, 2.24) is 10.2 Å². The van der Waals surface area contributed by atoms with Gasteiger partial charge in [0.05, 0.1) is 11.7 Å². The van der Waals surface area contributed by atoms with Gasteiger partial charge in [-0.15, -0.1) is 13.2 Å². The van der Waals surface area contributed by atoms with Gasteiger partial charge in [0.25, 0.3) is 5.91 Å². The lowest BCUT2D eigenvalue weighted by atomic mass is 9.97. The van der Waals surface area contributed by atoms with E-state index in [1.54, 1.807) is 48.5 Å². The summed E-state index contributed by atoms with van der Waals surface area (Å²) in [4.78, 5) is 16.9. The van der Waals surface area contributed by atoms with E-state index in [9.17, 15) is 28.2 Å². The summed E-state index contributed by atoms with van der Waals surface area (Å²) in [6.45, 7) is 2.69. The van der Waals surface area contributed by atoms with Gasteiger partial charge < -0.3 is 25.2 Å². The van der Waals surface area contributed by atoms with E-state index in [-0.39, 0.29) is 29.6 Å². The van der Waals surface area contributed by atoms with Gasteiger partial charge in [0, 0.05) is 55.0 Å². The van der Waals surface area contributed by atoms with Gasteiger partial charge in [-0.2, -0.15) is 0 Å². The Hall–Kier alpha value is -3.73. The molecule has 0 bridgehead atoms. The lowest BCUT2D eigenvalue weighted by Gasteiger charge is -2.34. The third kappa shape index (κ3) is 6.78. The van der Waals surface area contributed by atoms with Crippen LogP contribution in [-0.4, -0.2) is 66.1 Å². The number of halogens is 4. The number of carbonyl (C=O) groups excluding carboxylic acids is 1. The summed E-state index contributed by atoms with van der Waals surface area (Å²) in [5.41, 5.74) is 3.95. The zero-order valence-corrected chi connectivity index (χ0v) is 22.7. The molecule has 2 aliphatic heterocycles. The third-order valence-corrected chi connectivity index (χ3v) is 7.76. The average Bonchev–Trinajstić information content (AvgIpc) is 3.50. The number of phenols is 1. The standard InChI is InChI=1S/C30H29ClF3N3O4/c31-25-7-3-1-5-23(25)28(39)26(13-14-35-29(40)24-6-2-4-8-27(24)38)37-17-19-15-36(16-20(19)18-37)21-9-11-22(12-10-21)41-30(32,33)34/h1-12,26,28,38-39H,13-18H2,(H,35,40). The second-order valence-corrected chi connectivity index (χ2v) is 10.5. The number of ether oxygens (including phenoxy) is 1. The number of aliphatic hydroxyl groups excluding tert-OH is 1. The highest BCUT2D eigenvalue weighted by Gasteiger charge is 2.37. The second-order valence-electron chi connectivity index (χ2n) is 10.1. The van der Waals surface area contributed by atoms with Gasteiger partial charge in [-0.25, -0.2) is 0 Å². The molecule has 5 rings (SSSR count). The van der Waals surface area contributed by atoms with Crippen molar-refractivity contribution in [2.75, 3.05) is 37.6 Å². The number of nitrogens with one attached hydrogen (secondary N) is 1. The van der Waals surface area contributed by atoms with Gasteiger partial charge >= 0.3 is 6.36 Å². The zero-order chi connectivity index (χ0) is 29.1. The normalized spacial score (nSPS) is 17.0. The number of phenolic OH excluding ortho intramolecular Hbond substituents is 1. The Morgan fingerprint density at radius 3 is 2.22 bits per heavy atom. The van der Waals surface area contributed by atoms with E-state index in [4.69, 9.17) is 11.6 Å². The summed E-state index contributed by atoms with van der Waals surface area (Å²) in [5, 5.41) is 24.7. The highest BCUT2D eigenvalue weighted by molar-refractivity contribution is 6.31. The van der Waals surface area contributed by atoms with Crippen LogP contribution in [0, 0.1) is 0 Å². The molecule has 0 fully saturated rings. The predicted molar refractivity (Wildman–Crippen MR) is 149 cm³/mol.